The second-order valence-corrected chi connectivity index (χ2v) is 15.6. The average Bonchev–Trinajstić information content (AvgIpc) is 2.37. The predicted molar refractivity (Wildman–Crippen MR) is 86.2 cm³/mol. The van der Waals surface area contributed by atoms with Crippen molar-refractivity contribution in [2.24, 2.45) is 0 Å². The summed E-state index contributed by atoms with van der Waals surface area (Å²) < 4.78 is 6.31. The van der Waals surface area contributed by atoms with Gasteiger partial charge in [-0.05, 0) is 12.1 Å². The van der Waals surface area contributed by atoms with Crippen LogP contribution in [0, 0.1) is 0 Å². The Morgan fingerprint density at radius 2 is 1.39 bits per heavy atom. The summed E-state index contributed by atoms with van der Waals surface area (Å²) in [4.78, 5) is 0. The SMILES string of the molecule is C=C[Si](C)(C)C(Oc1ccccc1)[Si](C)(C)C=C. The highest BCUT2D eigenvalue weighted by atomic mass is 28.4. The second kappa shape index (κ2) is 5.72. The van der Waals surface area contributed by atoms with E-state index in [1.165, 1.54) is 0 Å². The van der Waals surface area contributed by atoms with Gasteiger partial charge in [-0.2, -0.15) is 0 Å². The Hall–Kier alpha value is -1.07. The van der Waals surface area contributed by atoms with Gasteiger partial charge in [-0.1, -0.05) is 55.8 Å². The lowest BCUT2D eigenvalue weighted by Gasteiger charge is -2.39. The van der Waals surface area contributed by atoms with E-state index in [1.807, 2.05) is 30.3 Å². The van der Waals surface area contributed by atoms with Gasteiger partial charge >= 0.3 is 0 Å². The molecule has 0 N–H and O–H groups in total. The van der Waals surface area contributed by atoms with Gasteiger partial charge in [-0.15, -0.1) is 13.2 Å². The molecule has 1 rings (SSSR count). The second-order valence-electron chi connectivity index (χ2n) is 5.86. The third-order valence-electron chi connectivity index (χ3n) is 3.40. The van der Waals surface area contributed by atoms with Crippen LogP contribution in [0.5, 0.6) is 5.75 Å². The molecule has 0 fully saturated rings. The third-order valence-corrected chi connectivity index (χ3v) is 12.9. The molecule has 0 saturated heterocycles. The zero-order chi connectivity index (χ0) is 13.8. The van der Waals surface area contributed by atoms with Crippen molar-refractivity contribution >= 4 is 16.1 Å². The highest BCUT2D eigenvalue weighted by molar-refractivity contribution is 7.01. The number of para-hydroxylation sites is 1. The summed E-state index contributed by atoms with van der Waals surface area (Å²) in [5, 5.41) is 0.266. The minimum Gasteiger partial charge on any atom is -0.497 e. The molecule has 0 spiro atoms. The quantitative estimate of drug-likeness (QED) is 0.701. The Bertz CT molecular complexity index is 390. The van der Waals surface area contributed by atoms with Gasteiger partial charge < -0.3 is 4.74 Å². The van der Waals surface area contributed by atoms with Crippen LogP contribution in [0.1, 0.15) is 0 Å². The molecule has 18 heavy (non-hydrogen) atoms. The van der Waals surface area contributed by atoms with E-state index in [4.69, 9.17) is 4.74 Å². The molecule has 98 valence electrons. The standard InChI is InChI=1S/C15H24OSi2/c1-7-17(3,4)15(18(5,6)8-2)16-14-12-10-9-11-13-14/h7-13,15H,1-2H2,3-6H3. The Kier molecular flexibility index (Phi) is 4.76. The lowest BCUT2D eigenvalue weighted by atomic mass is 10.3. The average molecular weight is 277 g/mol. The summed E-state index contributed by atoms with van der Waals surface area (Å²) in [7, 11) is -3.23. The van der Waals surface area contributed by atoms with E-state index in [1.54, 1.807) is 0 Å². The van der Waals surface area contributed by atoms with Gasteiger partial charge in [-0.25, -0.2) is 0 Å². The molecular formula is C15H24OSi2. The predicted octanol–water partition coefficient (Wildman–Crippen LogP) is 4.38. The van der Waals surface area contributed by atoms with Crippen LogP contribution in [0.4, 0.5) is 0 Å². The van der Waals surface area contributed by atoms with Crippen LogP contribution in [0.25, 0.3) is 0 Å². The fourth-order valence-corrected chi connectivity index (χ4v) is 11.8. The van der Waals surface area contributed by atoms with Crippen LogP contribution in [0.2, 0.25) is 26.2 Å². The van der Waals surface area contributed by atoms with E-state index in [0.717, 1.165) is 5.75 Å². The van der Waals surface area contributed by atoms with E-state index >= 15 is 0 Å². The van der Waals surface area contributed by atoms with E-state index in [2.05, 4.69) is 50.7 Å². The first kappa shape index (κ1) is 15.0. The number of rotatable bonds is 6. The van der Waals surface area contributed by atoms with E-state index in [9.17, 15) is 0 Å². The van der Waals surface area contributed by atoms with Gasteiger partial charge in [0, 0.05) is 0 Å². The van der Waals surface area contributed by atoms with Gasteiger partial charge in [0.1, 0.15) is 21.9 Å². The van der Waals surface area contributed by atoms with Crippen LogP contribution < -0.4 is 4.74 Å². The van der Waals surface area contributed by atoms with Crippen molar-refractivity contribution in [3.63, 3.8) is 0 Å². The molecule has 0 saturated carbocycles. The lowest BCUT2D eigenvalue weighted by molar-refractivity contribution is 0.334. The first-order valence-corrected chi connectivity index (χ1v) is 12.6. The summed E-state index contributed by atoms with van der Waals surface area (Å²) >= 11 is 0. The van der Waals surface area contributed by atoms with Crippen molar-refractivity contribution in [1.29, 1.82) is 0 Å². The van der Waals surface area contributed by atoms with Gasteiger partial charge in [0.2, 0.25) is 0 Å². The third kappa shape index (κ3) is 3.46. The van der Waals surface area contributed by atoms with E-state index in [0.29, 0.717) is 0 Å². The fraction of sp³-hybridized carbons (Fsp3) is 0.333. The molecule has 0 atom stereocenters. The highest BCUT2D eigenvalue weighted by Crippen LogP contribution is 2.26. The molecule has 1 aromatic carbocycles. The van der Waals surface area contributed by atoms with Gasteiger partial charge in [0.05, 0.1) is 5.35 Å². The van der Waals surface area contributed by atoms with Gasteiger partial charge in [0.15, 0.2) is 0 Å². The molecule has 0 unspecified atom stereocenters. The van der Waals surface area contributed by atoms with Gasteiger partial charge in [-0.3, -0.25) is 0 Å². The molecule has 0 aliphatic rings. The maximum atomic E-state index is 6.31. The minimum atomic E-state index is -1.61. The number of hydrogen-bond acceptors (Lipinski definition) is 1. The largest absolute Gasteiger partial charge is 0.497 e. The summed E-state index contributed by atoms with van der Waals surface area (Å²) in [5.41, 5.74) is 4.25. The Morgan fingerprint density at radius 3 is 1.78 bits per heavy atom. The summed E-state index contributed by atoms with van der Waals surface area (Å²) in [6.07, 6.45) is 0. The molecule has 0 radical (unpaired) electrons. The Balaban J connectivity index is 3.07. The zero-order valence-corrected chi connectivity index (χ0v) is 13.9. The molecule has 1 nitrogen and oxygen atoms in total. The highest BCUT2D eigenvalue weighted by Gasteiger charge is 2.42. The van der Waals surface area contributed by atoms with Crippen molar-refractivity contribution in [2.45, 2.75) is 31.5 Å². The fourth-order valence-electron chi connectivity index (χ4n) is 2.11. The molecular weight excluding hydrogens is 252 g/mol. The van der Waals surface area contributed by atoms with E-state index < -0.39 is 16.1 Å². The lowest BCUT2D eigenvalue weighted by Crippen LogP contribution is -2.58. The Morgan fingerprint density at radius 1 is 0.944 bits per heavy atom. The molecule has 1 aromatic rings. The molecule has 0 amide bonds. The van der Waals surface area contributed by atoms with Crippen molar-refractivity contribution in [1.82, 2.24) is 0 Å². The zero-order valence-electron chi connectivity index (χ0n) is 11.9. The van der Waals surface area contributed by atoms with Crippen molar-refractivity contribution in [2.75, 3.05) is 0 Å². The summed E-state index contributed by atoms with van der Waals surface area (Å²) in [5.74, 6) is 0.951. The van der Waals surface area contributed by atoms with Crippen molar-refractivity contribution in [3.8, 4) is 5.75 Å². The number of ether oxygens (including phenoxy) is 1. The topological polar surface area (TPSA) is 9.23 Å². The number of benzene rings is 1. The maximum absolute atomic E-state index is 6.31. The molecule has 0 heterocycles. The molecule has 3 heteroatoms. The molecule has 0 bridgehead atoms. The van der Waals surface area contributed by atoms with Crippen molar-refractivity contribution < 1.29 is 4.74 Å². The van der Waals surface area contributed by atoms with Crippen LogP contribution >= 0.6 is 0 Å². The summed E-state index contributed by atoms with van der Waals surface area (Å²) in [6.45, 7) is 17.3. The van der Waals surface area contributed by atoms with Crippen LogP contribution in [0.15, 0.2) is 54.9 Å². The molecule has 0 aromatic heterocycles. The van der Waals surface area contributed by atoms with Crippen LogP contribution in [-0.4, -0.2) is 21.5 Å². The van der Waals surface area contributed by atoms with Gasteiger partial charge in [0.25, 0.3) is 0 Å². The summed E-state index contributed by atoms with van der Waals surface area (Å²) in [6, 6.07) is 10.1. The van der Waals surface area contributed by atoms with Crippen LogP contribution in [-0.2, 0) is 0 Å². The Labute approximate surface area is 113 Å². The first-order chi connectivity index (χ1) is 8.33. The monoisotopic (exact) mass is 276 g/mol. The number of hydrogen-bond donors (Lipinski definition) is 0. The normalized spacial score (nSPS) is 12.3. The maximum Gasteiger partial charge on any atom is 0.118 e. The van der Waals surface area contributed by atoms with Crippen LogP contribution in [0.3, 0.4) is 0 Å². The smallest absolute Gasteiger partial charge is 0.118 e. The van der Waals surface area contributed by atoms with E-state index in [-0.39, 0.29) is 5.35 Å². The van der Waals surface area contributed by atoms with Crippen molar-refractivity contribution in [3.05, 3.63) is 54.9 Å². The first-order valence-electron chi connectivity index (χ1n) is 6.32. The molecule has 0 aliphatic carbocycles. The minimum absolute atomic E-state index is 0.266. The molecule has 0 aliphatic heterocycles.